The van der Waals surface area contributed by atoms with Crippen LogP contribution in [0.15, 0.2) is 54.7 Å². The molecule has 0 saturated heterocycles. The van der Waals surface area contributed by atoms with Crippen molar-refractivity contribution in [3.63, 3.8) is 0 Å². The predicted molar refractivity (Wildman–Crippen MR) is 90.9 cm³/mol. The van der Waals surface area contributed by atoms with Crippen molar-refractivity contribution in [3.8, 4) is 5.69 Å². The molecule has 0 unspecified atom stereocenters. The predicted octanol–water partition coefficient (Wildman–Crippen LogP) is 3.92. The number of benzene rings is 2. The Balaban J connectivity index is 1.96. The molecule has 0 spiro atoms. The molecule has 0 aliphatic rings. The molecular formula is C17H17FN2O2S. The quantitative estimate of drug-likeness (QED) is 0.770. The number of nitrogens with one attached hydrogen (secondary N) is 1. The fraction of sp³-hybridized carbons (Fsp3) is 0.176. The van der Waals surface area contributed by atoms with E-state index in [9.17, 15) is 12.8 Å². The van der Waals surface area contributed by atoms with E-state index in [-0.39, 0.29) is 11.6 Å². The number of nitrogens with zero attached hydrogens (tertiary/aromatic N) is 1. The van der Waals surface area contributed by atoms with Gasteiger partial charge in [-0.25, -0.2) is 12.8 Å². The molecule has 0 radical (unpaired) electrons. The molecule has 1 heterocycles. The average Bonchev–Trinajstić information content (AvgIpc) is 2.90. The van der Waals surface area contributed by atoms with Crippen molar-refractivity contribution in [2.45, 2.75) is 13.3 Å². The Morgan fingerprint density at radius 2 is 1.83 bits per heavy atom. The summed E-state index contributed by atoms with van der Waals surface area (Å²) in [6, 6.07) is 13.5. The van der Waals surface area contributed by atoms with Gasteiger partial charge in [-0.3, -0.25) is 4.72 Å². The first-order chi connectivity index (χ1) is 11.0. The molecule has 3 rings (SSSR count). The normalized spacial score (nSPS) is 11.7. The number of aromatic nitrogens is 1. The summed E-state index contributed by atoms with van der Waals surface area (Å²) >= 11 is 0. The molecule has 6 heteroatoms. The van der Waals surface area contributed by atoms with Crippen LogP contribution in [0.3, 0.4) is 0 Å². The lowest BCUT2D eigenvalue weighted by molar-refractivity contribution is 0.600. The van der Waals surface area contributed by atoms with Crippen LogP contribution in [-0.2, 0) is 10.0 Å². The largest absolute Gasteiger partial charge is 0.317 e. The van der Waals surface area contributed by atoms with Gasteiger partial charge in [-0.1, -0.05) is 6.92 Å². The van der Waals surface area contributed by atoms with Crippen LogP contribution in [0, 0.1) is 5.82 Å². The second kappa shape index (κ2) is 6.04. The highest BCUT2D eigenvalue weighted by Crippen LogP contribution is 2.24. The van der Waals surface area contributed by atoms with Gasteiger partial charge in [-0.2, -0.15) is 0 Å². The molecule has 2 aromatic carbocycles. The molecule has 0 amide bonds. The van der Waals surface area contributed by atoms with E-state index in [4.69, 9.17) is 0 Å². The molecule has 0 fully saturated rings. The fourth-order valence-electron chi connectivity index (χ4n) is 2.53. The minimum atomic E-state index is -3.30. The fourth-order valence-corrected chi connectivity index (χ4v) is 3.66. The lowest BCUT2D eigenvalue weighted by Crippen LogP contribution is -2.15. The number of rotatable bonds is 5. The van der Waals surface area contributed by atoms with Gasteiger partial charge in [0.25, 0.3) is 0 Å². The third-order valence-corrected chi connectivity index (χ3v) is 5.03. The topological polar surface area (TPSA) is 51.1 Å². The molecule has 0 aliphatic carbocycles. The van der Waals surface area contributed by atoms with Crippen LogP contribution in [0.4, 0.5) is 10.1 Å². The van der Waals surface area contributed by atoms with Crippen molar-refractivity contribution in [2.75, 3.05) is 10.5 Å². The first kappa shape index (κ1) is 15.6. The monoisotopic (exact) mass is 332 g/mol. The zero-order valence-electron chi connectivity index (χ0n) is 12.7. The second-order valence-corrected chi connectivity index (χ2v) is 7.20. The minimum absolute atomic E-state index is 0.0988. The summed E-state index contributed by atoms with van der Waals surface area (Å²) < 4.78 is 41.2. The third kappa shape index (κ3) is 3.37. The Kier molecular flexibility index (Phi) is 4.09. The van der Waals surface area contributed by atoms with E-state index >= 15 is 0 Å². The highest BCUT2D eigenvalue weighted by molar-refractivity contribution is 7.92. The van der Waals surface area contributed by atoms with E-state index in [1.807, 2.05) is 29.8 Å². The van der Waals surface area contributed by atoms with Gasteiger partial charge >= 0.3 is 0 Å². The van der Waals surface area contributed by atoms with E-state index in [0.29, 0.717) is 12.1 Å². The van der Waals surface area contributed by atoms with Gasteiger partial charge in [-0.15, -0.1) is 0 Å². The summed E-state index contributed by atoms with van der Waals surface area (Å²) in [5, 5.41) is 0.908. The van der Waals surface area contributed by atoms with Gasteiger partial charge in [-0.05, 0) is 55.0 Å². The summed E-state index contributed by atoms with van der Waals surface area (Å²) in [5.74, 6) is -0.181. The van der Waals surface area contributed by atoms with Crippen LogP contribution < -0.4 is 4.72 Å². The Labute approximate surface area is 134 Å². The van der Waals surface area contributed by atoms with Gasteiger partial charge in [0.2, 0.25) is 10.0 Å². The van der Waals surface area contributed by atoms with Crippen molar-refractivity contribution < 1.29 is 12.8 Å². The van der Waals surface area contributed by atoms with Gasteiger partial charge < -0.3 is 4.57 Å². The summed E-state index contributed by atoms with van der Waals surface area (Å²) in [6.45, 7) is 1.82. The lowest BCUT2D eigenvalue weighted by atomic mass is 10.2. The third-order valence-electron chi connectivity index (χ3n) is 3.54. The number of hydrogen-bond acceptors (Lipinski definition) is 2. The Hall–Kier alpha value is -2.34. The average molecular weight is 332 g/mol. The SMILES string of the molecule is CCCS(=O)(=O)Nc1ccc2c(ccn2-c2ccc(F)cc2)c1. The number of anilines is 1. The van der Waals surface area contributed by atoms with E-state index in [0.717, 1.165) is 16.6 Å². The summed E-state index contributed by atoms with van der Waals surface area (Å²) in [4.78, 5) is 0. The first-order valence-corrected chi connectivity index (χ1v) is 9.01. The van der Waals surface area contributed by atoms with Crippen LogP contribution >= 0.6 is 0 Å². The lowest BCUT2D eigenvalue weighted by Gasteiger charge is -2.08. The summed E-state index contributed by atoms with van der Waals surface area (Å²) in [7, 11) is -3.30. The maximum absolute atomic E-state index is 13.0. The van der Waals surface area contributed by atoms with Crippen molar-refractivity contribution in [1.82, 2.24) is 4.57 Å². The number of fused-ring (bicyclic) bond motifs is 1. The molecule has 0 saturated carbocycles. The van der Waals surface area contributed by atoms with Crippen LogP contribution in [-0.4, -0.2) is 18.7 Å². The Morgan fingerprint density at radius 1 is 1.09 bits per heavy atom. The van der Waals surface area contributed by atoms with Gasteiger partial charge in [0, 0.05) is 23.0 Å². The first-order valence-electron chi connectivity index (χ1n) is 7.36. The Bertz CT molecular complexity index is 931. The highest BCUT2D eigenvalue weighted by atomic mass is 32.2. The Morgan fingerprint density at radius 3 is 2.52 bits per heavy atom. The van der Waals surface area contributed by atoms with Gasteiger partial charge in [0.1, 0.15) is 5.82 Å². The number of halogens is 1. The van der Waals surface area contributed by atoms with Crippen LogP contribution in [0.1, 0.15) is 13.3 Å². The van der Waals surface area contributed by atoms with Crippen LogP contribution in [0.2, 0.25) is 0 Å². The maximum Gasteiger partial charge on any atom is 0.232 e. The molecule has 23 heavy (non-hydrogen) atoms. The number of sulfonamides is 1. The molecule has 4 nitrogen and oxygen atoms in total. The number of hydrogen-bond donors (Lipinski definition) is 1. The molecular weight excluding hydrogens is 315 g/mol. The molecule has 120 valence electrons. The second-order valence-electron chi connectivity index (χ2n) is 5.36. The molecule has 3 aromatic rings. The highest BCUT2D eigenvalue weighted by Gasteiger charge is 2.10. The molecule has 1 aromatic heterocycles. The minimum Gasteiger partial charge on any atom is -0.317 e. The zero-order chi connectivity index (χ0) is 16.4. The van der Waals surface area contributed by atoms with Gasteiger partial charge in [0.15, 0.2) is 0 Å². The zero-order valence-corrected chi connectivity index (χ0v) is 13.5. The van der Waals surface area contributed by atoms with Gasteiger partial charge in [0.05, 0.1) is 11.3 Å². The van der Waals surface area contributed by atoms with E-state index in [1.165, 1.54) is 12.1 Å². The molecule has 0 bridgehead atoms. The van der Waals surface area contributed by atoms with Crippen molar-refractivity contribution >= 4 is 26.6 Å². The molecule has 0 aliphatic heterocycles. The van der Waals surface area contributed by atoms with Crippen molar-refractivity contribution in [2.24, 2.45) is 0 Å². The van der Waals surface area contributed by atoms with E-state index in [2.05, 4.69) is 4.72 Å². The van der Waals surface area contributed by atoms with E-state index in [1.54, 1.807) is 24.3 Å². The van der Waals surface area contributed by atoms with Crippen molar-refractivity contribution in [1.29, 1.82) is 0 Å². The molecule has 0 atom stereocenters. The maximum atomic E-state index is 13.0. The van der Waals surface area contributed by atoms with Crippen LogP contribution in [0.25, 0.3) is 16.6 Å². The summed E-state index contributed by atoms with van der Waals surface area (Å²) in [6.07, 6.45) is 2.45. The van der Waals surface area contributed by atoms with Crippen LogP contribution in [0.5, 0.6) is 0 Å². The van der Waals surface area contributed by atoms with E-state index < -0.39 is 10.0 Å². The van der Waals surface area contributed by atoms with Crippen molar-refractivity contribution in [3.05, 3.63) is 60.5 Å². The smallest absolute Gasteiger partial charge is 0.232 e. The molecule has 1 N–H and O–H groups in total. The summed E-state index contributed by atoms with van der Waals surface area (Å²) in [5.41, 5.74) is 2.32. The standard InChI is InChI=1S/C17H17FN2O2S/c1-2-11-23(21,22)19-15-5-8-17-13(12-15)9-10-20(17)16-6-3-14(18)4-7-16/h3-10,12,19H,2,11H2,1H3.